The molecule has 0 spiro atoms. The Labute approximate surface area is 215 Å². The van der Waals surface area contributed by atoms with Crippen LogP contribution in [0.1, 0.15) is 40.8 Å². The fraction of sp³-hybridized carbons (Fsp3) is 0.200. The number of imidazole rings is 1. The number of carbonyl (C=O) groups is 1. The van der Waals surface area contributed by atoms with Crippen LogP contribution in [0, 0.1) is 6.92 Å². The highest BCUT2D eigenvalue weighted by atomic mass is 16.2. The lowest BCUT2D eigenvalue weighted by Gasteiger charge is -2.31. The number of piperidine rings is 1. The first-order valence-electron chi connectivity index (χ1n) is 12.6. The Bertz CT molecular complexity index is 1520. The highest BCUT2D eigenvalue weighted by Gasteiger charge is 2.26. The average Bonchev–Trinajstić information content (AvgIpc) is 3.38. The molecular formula is C30H28N6O. The predicted octanol–water partition coefficient (Wildman–Crippen LogP) is 6.09. The Morgan fingerprint density at radius 3 is 2.49 bits per heavy atom. The zero-order chi connectivity index (χ0) is 25.2. The Hall–Kier alpha value is -4.52. The van der Waals surface area contributed by atoms with Crippen molar-refractivity contribution in [2.24, 2.45) is 0 Å². The van der Waals surface area contributed by atoms with Gasteiger partial charge in [0.2, 0.25) is 0 Å². The zero-order valence-corrected chi connectivity index (χ0v) is 20.7. The van der Waals surface area contributed by atoms with Gasteiger partial charge in [-0.15, -0.1) is 0 Å². The second-order valence-electron chi connectivity index (χ2n) is 9.46. The zero-order valence-electron chi connectivity index (χ0n) is 20.7. The summed E-state index contributed by atoms with van der Waals surface area (Å²) in [6, 6.07) is 27.7. The third-order valence-corrected chi connectivity index (χ3v) is 6.87. The van der Waals surface area contributed by atoms with Crippen molar-refractivity contribution in [1.29, 1.82) is 0 Å². The third kappa shape index (κ3) is 4.93. The standard InChI is InChI=1S/C30H28N6O/c1-20-31-27(21-8-3-2-4-9-21)19-28(32-20)33-24-11-7-10-23(18-24)30(37)36-16-14-22(15-17-36)29-34-25-12-5-6-13-26(25)35-29/h2-13,18-19,22H,14-17H2,1H3,(H,34,35)(H,31,32,33). The molecular weight excluding hydrogens is 460 g/mol. The first-order chi connectivity index (χ1) is 18.1. The number of aryl methyl sites for hydroxylation is 1. The van der Waals surface area contributed by atoms with E-state index in [1.54, 1.807) is 0 Å². The maximum atomic E-state index is 13.3. The molecule has 184 valence electrons. The maximum absolute atomic E-state index is 13.3. The van der Waals surface area contributed by atoms with Gasteiger partial charge in [-0.25, -0.2) is 15.0 Å². The Balaban J connectivity index is 1.14. The number of anilines is 2. The number of H-pyrrole nitrogens is 1. The molecule has 2 N–H and O–H groups in total. The summed E-state index contributed by atoms with van der Waals surface area (Å²) in [7, 11) is 0. The molecule has 7 heteroatoms. The molecule has 3 aromatic carbocycles. The van der Waals surface area contributed by atoms with Gasteiger partial charge in [0.15, 0.2) is 0 Å². The lowest BCUT2D eigenvalue weighted by molar-refractivity contribution is 0.0711. The van der Waals surface area contributed by atoms with Gasteiger partial charge in [0.25, 0.3) is 5.91 Å². The van der Waals surface area contributed by atoms with Crippen molar-refractivity contribution in [3.8, 4) is 11.3 Å². The van der Waals surface area contributed by atoms with Crippen molar-refractivity contribution in [1.82, 2.24) is 24.8 Å². The number of nitrogens with one attached hydrogen (secondary N) is 2. The summed E-state index contributed by atoms with van der Waals surface area (Å²) in [6.45, 7) is 3.31. The molecule has 1 fully saturated rings. The monoisotopic (exact) mass is 488 g/mol. The number of aromatic nitrogens is 4. The molecule has 7 nitrogen and oxygen atoms in total. The van der Waals surface area contributed by atoms with Crippen LogP contribution in [0.2, 0.25) is 0 Å². The van der Waals surface area contributed by atoms with E-state index >= 15 is 0 Å². The normalized spacial score (nSPS) is 14.1. The van der Waals surface area contributed by atoms with E-state index in [-0.39, 0.29) is 5.91 Å². The van der Waals surface area contributed by atoms with E-state index in [1.807, 2.05) is 90.7 Å². The van der Waals surface area contributed by atoms with Crippen LogP contribution in [0.15, 0.2) is 84.9 Å². The van der Waals surface area contributed by atoms with Crippen LogP contribution in [0.4, 0.5) is 11.5 Å². The first kappa shape index (κ1) is 22.9. The molecule has 0 radical (unpaired) electrons. The minimum absolute atomic E-state index is 0.0514. The van der Waals surface area contributed by atoms with E-state index in [1.165, 1.54) is 0 Å². The van der Waals surface area contributed by atoms with Crippen molar-refractivity contribution in [3.05, 3.63) is 102 Å². The number of benzene rings is 3. The average molecular weight is 489 g/mol. The minimum Gasteiger partial charge on any atom is -0.342 e. The van der Waals surface area contributed by atoms with Gasteiger partial charge in [0.05, 0.1) is 16.7 Å². The van der Waals surface area contributed by atoms with Gasteiger partial charge in [-0.1, -0.05) is 48.5 Å². The van der Waals surface area contributed by atoms with Gasteiger partial charge in [0.1, 0.15) is 17.5 Å². The second-order valence-corrected chi connectivity index (χ2v) is 9.46. The Kier molecular flexibility index (Phi) is 6.10. The molecule has 0 unspecified atom stereocenters. The molecule has 0 aliphatic carbocycles. The van der Waals surface area contributed by atoms with Crippen LogP contribution in [0.3, 0.4) is 0 Å². The van der Waals surface area contributed by atoms with Crippen molar-refractivity contribution >= 4 is 28.4 Å². The number of fused-ring (bicyclic) bond motifs is 1. The number of carbonyl (C=O) groups excluding carboxylic acids is 1. The molecule has 1 aliphatic rings. The number of para-hydroxylation sites is 2. The Morgan fingerprint density at radius 1 is 0.892 bits per heavy atom. The maximum Gasteiger partial charge on any atom is 0.253 e. The summed E-state index contributed by atoms with van der Waals surface area (Å²) < 4.78 is 0. The molecule has 6 rings (SSSR count). The molecule has 1 aliphatic heterocycles. The lowest BCUT2D eigenvalue weighted by atomic mass is 9.95. The smallest absolute Gasteiger partial charge is 0.253 e. The molecule has 0 bridgehead atoms. The van der Waals surface area contributed by atoms with E-state index in [9.17, 15) is 4.79 Å². The van der Waals surface area contributed by atoms with Gasteiger partial charge in [-0.05, 0) is 50.1 Å². The van der Waals surface area contributed by atoms with Gasteiger partial charge in [0, 0.05) is 41.9 Å². The van der Waals surface area contributed by atoms with Gasteiger partial charge in [-0.3, -0.25) is 4.79 Å². The molecule has 37 heavy (non-hydrogen) atoms. The van der Waals surface area contributed by atoms with E-state index < -0.39 is 0 Å². The number of rotatable bonds is 5. The van der Waals surface area contributed by atoms with Crippen molar-refractivity contribution < 1.29 is 4.79 Å². The number of amides is 1. The van der Waals surface area contributed by atoms with E-state index in [2.05, 4.69) is 26.3 Å². The highest BCUT2D eigenvalue weighted by molar-refractivity contribution is 5.95. The second kappa shape index (κ2) is 9.85. The summed E-state index contributed by atoms with van der Waals surface area (Å²) in [4.78, 5) is 32.6. The summed E-state index contributed by atoms with van der Waals surface area (Å²) in [5.74, 6) is 2.79. The molecule has 3 heterocycles. The van der Waals surface area contributed by atoms with E-state index in [0.717, 1.165) is 46.6 Å². The largest absolute Gasteiger partial charge is 0.342 e. The summed E-state index contributed by atoms with van der Waals surface area (Å²) in [5.41, 5.74) is 5.44. The SMILES string of the molecule is Cc1nc(Nc2cccc(C(=O)N3CCC(c4nc5ccccc5[nH]4)CC3)c2)cc(-c2ccccc2)n1. The van der Waals surface area contributed by atoms with Crippen LogP contribution in [-0.2, 0) is 0 Å². The highest BCUT2D eigenvalue weighted by Crippen LogP contribution is 2.29. The van der Waals surface area contributed by atoms with Gasteiger partial charge >= 0.3 is 0 Å². The Morgan fingerprint density at radius 2 is 1.68 bits per heavy atom. The van der Waals surface area contributed by atoms with Gasteiger partial charge in [-0.2, -0.15) is 0 Å². The molecule has 0 saturated carbocycles. The first-order valence-corrected chi connectivity index (χ1v) is 12.6. The minimum atomic E-state index is 0.0514. The number of hydrogen-bond acceptors (Lipinski definition) is 5. The number of likely N-dealkylation sites (tertiary alicyclic amines) is 1. The van der Waals surface area contributed by atoms with Crippen LogP contribution in [0.5, 0.6) is 0 Å². The van der Waals surface area contributed by atoms with Crippen molar-refractivity contribution in [3.63, 3.8) is 0 Å². The summed E-state index contributed by atoms with van der Waals surface area (Å²) >= 11 is 0. The van der Waals surface area contributed by atoms with Gasteiger partial charge < -0.3 is 15.2 Å². The quantitative estimate of drug-likeness (QED) is 0.313. The van der Waals surface area contributed by atoms with E-state index in [0.29, 0.717) is 36.2 Å². The number of hydrogen-bond donors (Lipinski definition) is 2. The lowest BCUT2D eigenvalue weighted by Crippen LogP contribution is -2.38. The van der Waals surface area contributed by atoms with Crippen LogP contribution in [0.25, 0.3) is 22.3 Å². The molecule has 0 atom stereocenters. The topological polar surface area (TPSA) is 86.8 Å². The van der Waals surface area contributed by atoms with Crippen molar-refractivity contribution in [2.45, 2.75) is 25.7 Å². The van der Waals surface area contributed by atoms with Crippen LogP contribution < -0.4 is 5.32 Å². The predicted molar refractivity (Wildman–Crippen MR) is 146 cm³/mol. The number of aromatic amines is 1. The fourth-order valence-electron chi connectivity index (χ4n) is 4.97. The molecule has 5 aromatic rings. The van der Waals surface area contributed by atoms with E-state index in [4.69, 9.17) is 4.98 Å². The molecule has 2 aromatic heterocycles. The van der Waals surface area contributed by atoms with Crippen molar-refractivity contribution in [2.75, 3.05) is 18.4 Å². The summed E-state index contributed by atoms with van der Waals surface area (Å²) in [5, 5.41) is 3.36. The summed E-state index contributed by atoms with van der Waals surface area (Å²) in [6.07, 6.45) is 1.79. The fourth-order valence-corrected chi connectivity index (χ4v) is 4.97. The third-order valence-electron chi connectivity index (χ3n) is 6.87. The van der Waals surface area contributed by atoms with Crippen LogP contribution >= 0.6 is 0 Å². The number of nitrogens with zero attached hydrogens (tertiary/aromatic N) is 4. The molecule has 1 saturated heterocycles. The molecule has 1 amide bonds. The van der Waals surface area contributed by atoms with Crippen LogP contribution in [-0.4, -0.2) is 43.8 Å².